The molecule has 8 heteroatoms. The van der Waals surface area contributed by atoms with Gasteiger partial charge in [-0.05, 0) is 145 Å². The van der Waals surface area contributed by atoms with Gasteiger partial charge in [-0.1, -0.05) is 181 Å². The molecule has 0 radical (unpaired) electrons. The summed E-state index contributed by atoms with van der Waals surface area (Å²) in [4.78, 5) is 16.2. The van der Waals surface area contributed by atoms with Gasteiger partial charge < -0.3 is 27.5 Å². The summed E-state index contributed by atoms with van der Waals surface area (Å²) in [7, 11) is 0. The molecule has 0 saturated heterocycles. The number of oxazole rings is 2. The molecule has 12 aromatic carbocycles. The maximum absolute atomic E-state index is 7.69. The molecule has 4 heterocycles. The van der Waals surface area contributed by atoms with Crippen LogP contribution in [0.15, 0.2) is 260 Å². The van der Waals surface area contributed by atoms with Gasteiger partial charge in [0.15, 0.2) is 22.3 Å². The lowest BCUT2D eigenvalue weighted by Gasteiger charge is -2.33. The maximum atomic E-state index is 7.69. The molecular weight excluding hydrogens is 1070 g/mol. The van der Waals surface area contributed by atoms with Gasteiger partial charge in [0.2, 0.25) is 11.8 Å². The van der Waals surface area contributed by atoms with Crippen molar-refractivity contribution in [3.05, 3.63) is 287 Å². The zero-order chi connectivity index (χ0) is 57.8. The molecule has 2 aliphatic carbocycles. The lowest BCUT2D eigenvalue weighted by Crippen LogP contribution is -2.26. The Balaban J connectivity index is 1.04. The van der Waals surface area contributed by atoms with Crippen molar-refractivity contribution in [3.8, 4) is 45.2 Å². The molecule has 2 aliphatic rings. The number of rotatable bonds is 8. The number of nitrogens with zero attached hydrogens (tertiary/aromatic N) is 4. The van der Waals surface area contributed by atoms with Crippen LogP contribution in [0.5, 0.6) is 0 Å². The zero-order valence-corrected chi connectivity index (χ0v) is 48.0. The average molecular weight is 1120 g/mol. The topological polar surface area (TPSA) is 84.8 Å². The van der Waals surface area contributed by atoms with Crippen molar-refractivity contribution in [2.75, 3.05) is 9.80 Å². The Morgan fingerprint density at radius 3 is 1.17 bits per heavy atom. The summed E-state index contributed by atoms with van der Waals surface area (Å²) in [5.74, 6) is 1.03. The van der Waals surface area contributed by atoms with Crippen molar-refractivity contribution in [1.29, 1.82) is 0 Å². The number of hydrogen-bond donors (Lipinski definition) is 0. The van der Waals surface area contributed by atoms with Gasteiger partial charge in [0.25, 0.3) is 0 Å². The molecule has 0 fully saturated rings. The predicted molar refractivity (Wildman–Crippen MR) is 352 cm³/mol. The number of aryl methyl sites for hydroxylation is 4. The van der Waals surface area contributed by atoms with E-state index in [0.29, 0.717) is 34.0 Å². The zero-order valence-electron chi connectivity index (χ0n) is 48.0. The quantitative estimate of drug-likeness (QED) is 0.149. The number of anilines is 6. The van der Waals surface area contributed by atoms with E-state index in [-0.39, 0.29) is 0 Å². The molecule has 0 saturated carbocycles. The predicted octanol–water partition coefficient (Wildman–Crippen LogP) is 21.6. The standard InChI is InChI=1S/C79H52N4O4/c1-45-37-39-47(3)57(41-45)77-80-71-65(82(49-21-7-5-8-22-49)63-33-19-29-55-53-27-13-17-35-67(53)84-73(55)63)43-61-69(75(71)86-77)70-62(79(61)59-31-15-11-25-51(59)52-26-12-16-32-60(52)79)44-66(72-76(70)87-78(81-72)58-42-46(2)38-40-48(58)4)83(50-23-9-6-10-24-50)64-34-20-30-56-54-28-14-18-36-68(54)85-74(56)64/h5-44H,1-4H3. The Morgan fingerprint density at radius 2 is 0.713 bits per heavy atom. The first-order valence-electron chi connectivity index (χ1n) is 29.6. The number of fused-ring (bicyclic) bond motifs is 20. The van der Waals surface area contributed by atoms with Crippen molar-refractivity contribution in [2.45, 2.75) is 33.1 Å². The number of para-hydroxylation sites is 6. The van der Waals surface area contributed by atoms with Crippen LogP contribution in [0.4, 0.5) is 34.1 Å². The first kappa shape index (κ1) is 49.2. The van der Waals surface area contributed by atoms with Crippen LogP contribution >= 0.6 is 0 Å². The molecule has 0 bridgehead atoms. The van der Waals surface area contributed by atoms with Gasteiger partial charge in [-0.2, -0.15) is 0 Å². The van der Waals surface area contributed by atoms with Crippen LogP contribution in [-0.2, 0) is 5.41 Å². The SMILES string of the molecule is Cc1ccc(C)c(-c2nc3c(N(c4ccccc4)c4cccc5c4oc4ccccc45)cc4c(c3o2)-c2c(cc(N(c3ccccc3)c3cccc5c3oc3ccccc35)c3nc(-c5cc(C)ccc5C)oc23)C42c3ccccc3-c3ccccc32)c1. The summed E-state index contributed by atoms with van der Waals surface area (Å²) in [6, 6.07) is 86.2. The Labute approximate surface area is 500 Å². The van der Waals surface area contributed by atoms with Crippen molar-refractivity contribution < 1.29 is 17.7 Å². The minimum Gasteiger partial charge on any atom is -0.454 e. The van der Waals surface area contributed by atoms with Crippen molar-refractivity contribution in [1.82, 2.24) is 9.97 Å². The molecule has 18 rings (SSSR count). The molecule has 0 N–H and O–H groups in total. The Hall–Kier alpha value is -11.2. The molecule has 16 aromatic rings. The van der Waals surface area contributed by atoms with Crippen LogP contribution in [0, 0.1) is 27.7 Å². The van der Waals surface area contributed by atoms with Crippen LogP contribution in [0.2, 0.25) is 0 Å². The Bertz CT molecular complexity index is 5210. The fourth-order valence-electron chi connectivity index (χ4n) is 14.5. The molecule has 8 nitrogen and oxygen atoms in total. The fourth-order valence-corrected chi connectivity index (χ4v) is 14.5. The van der Waals surface area contributed by atoms with Crippen LogP contribution in [-0.4, -0.2) is 9.97 Å². The summed E-state index contributed by atoms with van der Waals surface area (Å²) in [5, 5.41) is 4.12. The fraction of sp³-hybridized carbons (Fsp3) is 0.0633. The van der Waals surface area contributed by atoms with E-state index in [9.17, 15) is 0 Å². The third kappa shape index (κ3) is 6.95. The van der Waals surface area contributed by atoms with Gasteiger partial charge in [-0.3, -0.25) is 0 Å². The van der Waals surface area contributed by atoms with Crippen LogP contribution in [0.25, 0.3) is 111 Å². The summed E-state index contributed by atoms with van der Waals surface area (Å²) in [5.41, 5.74) is 24.5. The lowest BCUT2D eigenvalue weighted by atomic mass is 9.70. The minimum absolute atomic E-state index is 0.515. The van der Waals surface area contributed by atoms with E-state index in [1.54, 1.807) is 0 Å². The summed E-state index contributed by atoms with van der Waals surface area (Å²) >= 11 is 0. The minimum atomic E-state index is -0.983. The highest BCUT2D eigenvalue weighted by molar-refractivity contribution is 6.19. The second kappa shape index (κ2) is 18.4. The molecule has 0 amide bonds. The highest BCUT2D eigenvalue weighted by Crippen LogP contribution is 2.67. The summed E-state index contributed by atoms with van der Waals surface area (Å²) in [6.07, 6.45) is 0. The van der Waals surface area contributed by atoms with E-state index < -0.39 is 5.41 Å². The van der Waals surface area contributed by atoms with Gasteiger partial charge >= 0.3 is 0 Å². The lowest BCUT2D eigenvalue weighted by molar-refractivity contribution is 0.616. The van der Waals surface area contributed by atoms with Gasteiger partial charge in [-0.15, -0.1) is 0 Å². The van der Waals surface area contributed by atoms with Gasteiger partial charge in [-0.25, -0.2) is 9.97 Å². The van der Waals surface area contributed by atoms with Gasteiger partial charge in [0, 0.05) is 55.2 Å². The molecular formula is C79H52N4O4. The molecule has 412 valence electrons. The number of furan rings is 2. The molecule has 0 aliphatic heterocycles. The van der Waals surface area contributed by atoms with Crippen molar-refractivity contribution in [2.24, 2.45) is 0 Å². The van der Waals surface area contributed by atoms with E-state index in [2.05, 4.69) is 256 Å². The van der Waals surface area contributed by atoms with E-state index >= 15 is 0 Å². The van der Waals surface area contributed by atoms with Crippen molar-refractivity contribution >= 4 is 100 Å². The number of hydrogen-bond acceptors (Lipinski definition) is 8. The highest BCUT2D eigenvalue weighted by Gasteiger charge is 2.55. The van der Waals surface area contributed by atoms with Crippen LogP contribution < -0.4 is 9.80 Å². The second-order valence-electron chi connectivity index (χ2n) is 23.4. The monoisotopic (exact) mass is 1120 g/mol. The molecule has 0 unspecified atom stereocenters. The smallest absolute Gasteiger partial charge is 0.227 e. The Morgan fingerprint density at radius 1 is 0.310 bits per heavy atom. The molecule has 1 spiro atoms. The normalized spacial score (nSPS) is 12.9. The number of benzene rings is 12. The average Bonchev–Trinajstić information content (AvgIpc) is 1.50. The summed E-state index contributed by atoms with van der Waals surface area (Å²) in [6.45, 7) is 8.49. The van der Waals surface area contributed by atoms with E-state index in [0.717, 1.165) is 156 Å². The van der Waals surface area contributed by atoms with Gasteiger partial charge in [0.05, 0.1) is 28.2 Å². The summed E-state index contributed by atoms with van der Waals surface area (Å²) < 4.78 is 29.4. The van der Waals surface area contributed by atoms with Crippen LogP contribution in [0.3, 0.4) is 0 Å². The Kier molecular flexibility index (Phi) is 10.4. The third-order valence-electron chi connectivity index (χ3n) is 18.3. The molecule has 0 atom stereocenters. The van der Waals surface area contributed by atoms with Crippen molar-refractivity contribution in [3.63, 3.8) is 0 Å². The highest BCUT2D eigenvalue weighted by atomic mass is 16.4. The first-order valence-corrected chi connectivity index (χ1v) is 29.6. The maximum Gasteiger partial charge on any atom is 0.227 e. The first-order chi connectivity index (χ1) is 42.8. The largest absolute Gasteiger partial charge is 0.454 e. The van der Waals surface area contributed by atoms with E-state index in [1.165, 1.54) is 0 Å². The molecule has 87 heavy (non-hydrogen) atoms. The van der Waals surface area contributed by atoms with E-state index in [1.807, 2.05) is 24.3 Å². The van der Waals surface area contributed by atoms with Gasteiger partial charge in [0.1, 0.15) is 22.2 Å². The second-order valence-corrected chi connectivity index (χ2v) is 23.4. The third-order valence-corrected chi connectivity index (χ3v) is 18.3. The number of aromatic nitrogens is 2. The van der Waals surface area contributed by atoms with Crippen LogP contribution in [0.1, 0.15) is 44.5 Å². The van der Waals surface area contributed by atoms with E-state index in [4.69, 9.17) is 27.6 Å². The molecule has 4 aromatic heterocycles.